The van der Waals surface area contributed by atoms with Crippen molar-refractivity contribution in [3.63, 3.8) is 0 Å². The molecule has 1 aliphatic carbocycles. The minimum absolute atomic E-state index is 0.0492. The molecule has 0 radical (unpaired) electrons. The van der Waals surface area contributed by atoms with Gasteiger partial charge in [-0.1, -0.05) is 0 Å². The van der Waals surface area contributed by atoms with Crippen molar-refractivity contribution in [3.05, 3.63) is 30.1 Å². The highest BCUT2D eigenvalue weighted by Gasteiger charge is 2.27. The number of ether oxygens (including phenoxy) is 1. The number of aromatic nitrogens is 1. The second kappa shape index (κ2) is 8.10. The Hall–Kier alpha value is -1.46. The van der Waals surface area contributed by atoms with Crippen molar-refractivity contribution < 1.29 is 14.6 Å². The van der Waals surface area contributed by atoms with Crippen LogP contribution < -0.4 is 5.32 Å². The van der Waals surface area contributed by atoms with Crippen LogP contribution in [0, 0.1) is 5.92 Å². The van der Waals surface area contributed by atoms with Crippen LogP contribution in [0.4, 0.5) is 0 Å². The fourth-order valence-corrected chi connectivity index (χ4v) is 2.78. The Morgan fingerprint density at radius 2 is 2.05 bits per heavy atom. The Labute approximate surface area is 125 Å². The molecule has 5 heteroatoms. The molecule has 0 saturated heterocycles. The molecule has 0 aliphatic heterocycles. The predicted octanol–water partition coefficient (Wildman–Crippen LogP) is 1.83. The van der Waals surface area contributed by atoms with Gasteiger partial charge in [0.05, 0.1) is 18.6 Å². The first-order valence-electron chi connectivity index (χ1n) is 7.68. The number of rotatable bonds is 6. The summed E-state index contributed by atoms with van der Waals surface area (Å²) in [5.74, 6) is -0.0131. The van der Waals surface area contributed by atoms with E-state index >= 15 is 0 Å². The van der Waals surface area contributed by atoms with Crippen LogP contribution in [0.25, 0.3) is 0 Å². The Morgan fingerprint density at radius 1 is 1.38 bits per heavy atom. The summed E-state index contributed by atoms with van der Waals surface area (Å²) in [5.41, 5.74) is 0.873. The molecule has 0 amide bonds. The molecule has 1 aliphatic rings. The normalized spacial score (nSPS) is 23.5. The second-order valence-corrected chi connectivity index (χ2v) is 5.51. The minimum atomic E-state index is -0.518. The van der Waals surface area contributed by atoms with Gasteiger partial charge in [0.25, 0.3) is 0 Å². The van der Waals surface area contributed by atoms with Crippen molar-refractivity contribution in [2.75, 3.05) is 13.2 Å². The molecule has 1 aromatic rings. The average molecular weight is 292 g/mol. The molecule has 0 aromatic carbocycles. The first-order valence-corrected chi connectivity index (χ1v) is 7.68. The molecule has 1 heterocycles. The highest BCUT2D eigenvalue weighted by atomic mass is 16.5. The molecule has 1 atom stereocenters. The molecular weight excluding hydrogens is 268 g/mol. The monoisotopic (exact) mass is 292 g/mol. The van der Waals surface area contributed by atoms with Crippen LogP contribution in [0.2, 0.25) is 0 Å². The molecule has 1 aromatic heterocycles. The highest BCUT2D eigenvalue weighted by Crippen LogP contribution is 2.25. The van der Waals surface area contributed by atoms with Crippen molar-refractivity contribution in [1.29, 1.82) is 0 Å². The van der Waals surface area contributed by atoms with Gasteiger partial charge in [-0.15, -0.1) is 0 Å². The van der Waals surface area contributed by atoms with E-state index < -0.39 is 6.10 Å². The summed E-state index contributed by atoms with van der Waals surface area (Å²) in [6.45, 7) is 2.82. The zero-order valence-electron chi connectivity index (χ0n) is 12.5. The van der Waals surface area contributed by atoms with Crippen LogP contribution in [0.5, 0.6) is 0 Å². The molecule has 1 saturated carbocycles. The lowest BCUT2D eigenvalue weighted by molar-refractivity contribution is -0.149. The summed E-state index contributed by atoms with van der Waals surface area (Å²) in [6, 6.07) is 4.01. The van der Waals surface area contributed by atoms with Crippen LogP contribution in [-0.4, -0.2) is 35.3 Å². The SMILES string of the molecule is CCOC(=O)C1CCC(NCC(O)c2ccncc2)CC1. The van der Waals surface area contributed by atoms with Crippen molar-refractivity contribution in [2.45, 2.75) is 44.8 Å². The number of hydrogen-bond acceptors (Lipinski definition) is 5. The second-order valence-electron chi connectivity index (χ2n) is 5.51. The number of aliphatic hydroxyl groups is 1. The van der Waals surface area contributed by atoms with Gasteiger partial charge >= 0.3 is 5.97 Å². The molecule has 1 fully saturated rings. The third-order valence-corrected chi connectivity index (χ3v) is 4.04. The Balaban J connectivity index is 1.70. The fourth-order valence-electron chi connectivity index (χ4n) is 2.78. The summed E-state index contributed by atoms with van der Waals surface area (Å²) in [5, 5.41) is 13.5. The zero-order valence-corrected chi connectivity index (χ0v) is 12.5. The quantitative estimate of drug-likeness (QED) is 0.783. The van der Waals surface area contributed by atoms with E-state index in [1.807, 2.05) is 19.1 Å². The zero-order chi connectivity index (χ0) is 15.1. The smallest absolute Gasteiger partial charge is 0.308 e. The number of carbonyl (C=O) groups excluding carboxylic acids is 1. The lowest BCUT2D eigenvalue weighted by atomic mass is 9.86. The Morgan fingerprint density at radius 3 is 2.67 bits per heavy atom. The van der Waals surface area contributed by atoms with Crippen LogP contribution in [0.1, 0.15) is 44.3 Å². The number of nitrogens with zero attached hydrogens (tertiary/aromatic N) is 1. The van der Waals surface area contributed by atoms with Gasteiger partial charge in [-0.2, -0.15) is 0 Å². The number of hydrogen-bond donors (Lipinski definition) is 2. The van der Waals surface area contributed by atoms with E-state index in [1.165, 1.54) is 0 Å². The van der Waals surface area contributed by atoms with E-state index in [4.69, 9.17) is 4.74 Å². The van der Waals surface area contributed by atoms with Crippen LogP contribution in [0.15, 0.2) is 24.5 Å². The average Bonchev–Trinajstić information content (AvgIpc) is 2.54. The molecule has 2 rings (SSSR count). The first-order chi connectivity index (χ1) is 10.2. The Bertz CT molecular complexity index is 430. The molecule has 21 heavy (non-hydrogen) atoms. The maximum absolute atomic E-state index is 11.7. The van der Waals surface area contributed by atoms with Crippen molar-refractivity contribution in [1.82, 2.24) is 10.3 Å². The van der Waals surface area contributed by atoms with Crippen LogP contribution in [-0.2, 0) is 9.53 Å². The molecule has 116 valence electrons. The highest BCUT2D eigenvalue weighted by molar-refractivity contribution is 5.72. The maximum atomic E-state index is 11.7. The summed E-state index contributed by atoms with van der Waals surface area (Å²) in [6.07, 6.45) is 6.48. The van der Waals surface area contributed by atoms with Crippen molar-refractivity contribution >= 4 is 5.97 Å². The third kappa shape index (κ3) is 4.79. The first kappa shape index (κ1) is 15.9. The van der Waals surface area contributed by atoms with E-state index in [1.54, 1.807) is 12.4 Å². The van der Waals surface area contributed by atoms with Gasteiger partial charge in [-0.25, -0.2) is 0 Å². The van der Waals surface area contributed by atoms with E-state index in [9.17, 15) is 9.90 Å². The molecule has 1 unspecified atom stereocenters. The van der Waals surface area contributed by atoms with Gasteiger partial charge in [0.15, 0.2) is 0 Å². The van der Waals surface area contributed by atoms with Gasteiger partial charge in [-0.05, 0) is 50.3 Å². The summed E-state index contributed by atoms with van der Waals surface area (Å²) in [7, 11) is 0. The number of nitrogens with one attached hydrogen (secondary N) is 1. The summed E-state index contributed by atoms with van der Waals surface area (Å²) < 4.78 is 5.07. The van der Waals surface area contributed by atoms with E-state index in [0.29, 0.717) is 19.2 Å². The molecule has 5 nitrogen and oxygen atoms in total. The fraction of sp³-hybridized carbons (Fsp3) is 0.625. The molecule has 2 N–H and O–H groups in total. The maximum Gasteiger partial charge on any atom is 0.308 e. The minimum Gasteiger partial charge on any atom is -0.466 e. The number of pyridine rings is 1. The third-order valence-electron chi connectivity index (χ3n) is 4.04. The van der Waals surface area contributed by atoms with Gasteiger partial charge < -0.3 is 15.2 Å². The molecule has 0 spiro atoms. The summed E-state index contributed by atoms with van der Waals surface area (Å²) >= 11 is 0. The van der Waals surface area contributed by atoms with E-state index in [0.717, 1.165) is 31.2 Å². The predicted molar refractivity (Wildman–Crippen MR) is 79.6 cm³/mol. The van der Waals surface area contributed by atoms with E-state index in [2.05, 4.69) is 10.3 Å². The molecular formula is C16H24N2O3. The lowest BCUT2D eigenvalue weighted by Crippen LogP contribution is -2.37. The number of esters is 1. The largest absolute Gasteiger partial charge is 0.466 e. The van der Waals surface area contributed by atoms with Gasteiger partial charge in [0.1, 0.15) is 0 Å². The van der Waals surface area contributed by atoms with Gasteiger partial charge in [0, 0.05) is 25.0 Å². The van der Waals surface area contributed by atoms with Crippen LogP contribution in [0.3, 0.4) is 0 Å². The molecule has 0 bridgehead atoms. The lowest BCUT2D eigenvalue weighted by Gasteiger charge is -2.28. The van der Waals surface area contributed by atoms with Crippen LogP contribution >= 0.6 is 0 Å². The van der Waals surface area contributed by atoms with Crippen molar-refractivity contribution in [3.8, 4) is 0 Å². The number of carbonyl (C=O) groups is 1. The number of aliphatic hydroxyl groups excluding tert-OH is 1. The Kier molecular flexibility index (Phi) is 6.14. The topological polar surface area (TPSA) is 71.5 Å². The summed E-state index contributed by atoms with van der Waals surface area (Å²) in [4.78, 5) is 15.6. The van der Waals surface area contributed by atoms with Gasteiger partial charge in [0.2, 0.25) is 0 Å². The van der Waals surface area contributed by atoms with Crippen molar-refractivity contribution in [2.24, 2.45) is 5.92 Å². The van der Waals surface area contributed by atoms with Gasteiger partial charge in [-0.3, -0.25) is 9.78 Å². The standard InChI is InChI=1S/C16H24N2O3/c1-2-21-16(20)13-3-5-14(6-4-13)18-11-15(19)12-7-9-17-10-8-12/h7-10,13-15,18-19H,2-6,11H2,1H3. The van der Waals surface area contributed by atoms with E-state index in [-0.39, 0.29) is 11.9 Å².